The van der Waals surface area contributed by atoms with Crippen LogP contribution in [0.15, 0.2) is 0 Å². The average Bonchev–Trinajstić information content (AvgIpc) is 2.74. The van der Waals surface area contributed by atoms with Gasteiger partial charge in [0.2, 0.25) is 0 Å². The van der Waals surface area contributed by atoms with E-state index in [4.69, 9.17) is 4.74 Å². The molecule has 1 saturated heterocycles. The normalized spacial score (nSPS) is 25.4. The maximum Gasteiger partial charge on any atom is 0.0673 e. The molecule has 2 N–H and O–H groups in total. The number of fused-ring (bicyclic) bond motifs is 1. The number of nitrogens with zero attached hydrogens (tertiary/aromatic N) is 1. The first kappa shape index (κ1) is 10.3. The van der Waals surface area contributed by atoms with Crippen LogP contribution in [-0.4, -0.2) is 36.0 Å². The van der Waals surface area contributed by atoms with Crippen LogP contribution in [0, 0.1) is 0 Å². The van der Waals surface area contributed by atoms with Gasteiger partial charge in [0.15, 0.2) is 0 Å². The summed E-state index contributed by atoms with van der Waals surface area (Å²) in [5.41, 5.74) is 4.12. The highest BCUT2D eigenvalue weighted by atomic mass is 16.5. The van der Waals surface area contributed by atoms with Crippen molar-refractivity contribution >= 4 is 0 Å². The quantitative estimate of drug-likeness (QED) is 0.777. The fourth-order valence-electron chi connectivity index (χ4n) is 2.70. The van der Waals surface area contributed by atoms with Gasteiger partial charge >= 0.3 is 0 Å². The number of aryl methyl sites for hydroxylation is 1. The third kappa shape index (κ3) is 1.99. The topological polar surface area (TPSA) is 49.9 Å². The van der Waals surface area contributed by atoms with E-state index in [9.17, 15) is 0 Å². The van der Waals surface area contributed by atoms with Crippen molar-refractivity contribution in [1.29, 1.82) is 0 Å². The number of H-pyrrole nitrogens is 1. The number of nitrogens with one attached hydrogen (secondary N) is 2. The van der Waals surface area contributed by atoms with E-state index in [0.29, 0.717) is 6.04 Å². The van der Waals surface area contributed by atoms with Crippen LogP contribution >= 0.6 is 0 Å². The van der Waals surface area contributed by atoms with Crippen LogP contribution < -0.4 is 5.32 Å². The van der Waals surface area contributed by atoms with Crippen LogP contribution in [0.25, 0.3) is 0 Å². The standard InChI is InChI=1S/C12H19N3O/c1-2-4-11-10(3-1)12(15-14-11)7-9-8-16-6-5-13-9/h9,13H,1-8H2,(H,14,15). The minimum absolute atomic E-state index is 0.447. The first-order valence-corrected chi connectivity index (χ1v) is 6.29. The molecule has 1 aliphatic heterocycles. The number of hydrogen-bond acceptors (Lipinski definition) is 3. The molecule has 1 aromatic rings. The molecule has 4 heteroatoms. The van der Waals surface area contributed by atoms with Gasteiger partial charge in [0.25, 0.3) is 0 Å². The second-order valence-corrected chi connectivity index (χ2v) is 4.76. The molecule has 1 fully saturated rings. The van der Waals surface area contributed by atoms with Crippen molar-refractivity contribution in [2.24, 2.45) is 0 Å². The molecule has 3 rings (SSSR count). The summed E-state index contributed by atoms with van der Waals surface area (Å²) in [5.74, 6) is 0. The Morgan fingerprint density at radius 2 is 2.25 bits per heavy atom. The second-order valence-electron chi connectivity index (χ2n) is 4.76. The number of morpholine rings is 1. The molecule has 1 atom stereocenters. The molecule has 4 nitrogen and oxygen atoms in total. The van der Waals surface area contributed by atoms with Gasteiger partial charge in [0.1, 0.15) is 0 Å². The summed E-state index contributed by atoms with van der Waals surface area (Å²) in [4.78, 5) is 0. The Hall–Kier alpha value is -0.870. The van der Waals surface area contributed by atoms with Gasteiger partial charge in [-0.25, -0.2) is 0 Å². The van der Waals surface area contributed by atoms with E-state index in [2.05, 4.69) is 15.5 Å². The lowest BCUT2D eigenvalue weighted by atomic mass is 9.94. The molecule has 2 heterocycles. The fraction of sp³-hybridized carbons (Fsp3) is 0.750. The summed E-state index contributed by atoms with van der Waals surface area (Å²) in [6.07, 6.45) is 6.01. The van der Waals surface area contributed by atoms with Gasteiger partial charge in [0, 0.05) is 24.7 Å². The lowest BCUT2D eigenvalue weighted by Gasteiger charge is -2.23. The van der Waals surface area contributed by atoms with Crippen LogP contribution in [-0.2, 0) is 24.0 Å². The molecule has 0 aromatic carbocycles. The predicted octanol–water partition coefficient (Wildman–Crippen LogP) is 0.819. The van der Waals surface area contributed by atoms with Gasteiger partial charge in [-0.05, 0) is 31.2 Å². The van der Waals surface area contributed by atoms with Crippen molar-refractivity contribution in [3.05, 3.63) is 17.0 Å². The molecule has 0 amide bonds. The van der Waals surface area contributed by atoms with Gasteiger partial charge < -0.3 is 10.1 Å². The summed E-state index contributed by atoms with van der Waals surface area (Å²) in [7, 11) is 0. The highest BCUT2D eigenvalue weighted by Gasteiger charge is 2.20. The van der Waals surface area contributed by atoms with Crippen molar-refractivity contribution in [2.45, 2.75) is 38.1 Å². The van der Waals surface area contributed by atoms with E-state index in [-0.39, 0.29) is 0 Å². The monoisotopic (exact) mass is 221 g/mol. The molecule has 1 aromatic heterocycles. The molecule has 0 spiro atoms. The van der Waals surface area contributed by atoms with Crippen molar-refractivity contribution in [1.82, 2.24) is 15.5 Å². The third-order valence-electron chi connectivity index (χ3n) is 3.58. The minimum Gasteiger partial charge on any atom is -0.379 e. The molecule has 0 saturated carbocycles. The SMILES string of the molecule is C1CCc2c(CC3COCCN3)n[nH]c2C1. The van der Waals surface area contributed by atoms with E-state index in [1.807, 2.05) is 0 Å². The zero-order valence-electron chi connectivity index (χ0n) is 9.59. The van der Waals surface area contributed by atoms with Gasteiger partial charge in [-0.3, -0.25) is 5.10 Å². The second kappa shape index (κ2) is 4.55. The molecule has 0 radical (unpaired) electrons. The molecular formula is C12H19N3O. The van der Waals surface area contributed by atoms with E-state index in [1.165, 1.54) is 42.6 Å². The number of hydrogen-bond donors (Lipinski definition) is 2. The third-order valence-corrected chi connectivity index (χ3v) is 3.58. The van der Waals surface area contributed by atoms with Crippen molar-refractivity contribution in [3.63, 3.8) is 0 Å². The largest absolute Gasteiger partial charge is 0.379 e. The molecule has 1 aliphatic carbocycles. The Morgan fingerprint density at radius 3 is 3.12 bits per heavy atom. The number of rotatable bonds is 2. The van der Waals surface area contributed by atoms with E-state index >= 15 is 0 Å². The highest BCUT2D eigenvalue weighted by Crippen LogP contribution is 2.23. The van der Waals surface area contributed by atoms with Crippen LogP contribution in [0.3, 0.4) is 0 Å². The Morgan fingerprint density at radius 1 is 1.31 bits per heavy atom. The molecule has 16 heavy (non-hydrogen) atoms. The molecule has 2 aliphatic rings. The van der Waals surface area contributed by atoms with Crippen LogP contribution in [0.5, 0.6) is 0 Å². The van der Waals surface area contributed by atoms with Crippen LogP contribution in [0.4, 0.5) is 0 Å². The summed E-state index contributed by atoms with van der Waals surface area (Å²) in [6.45, 7) is 2.63. The van der Waals surface area contributed by atoms with Crippen LogP contribution in [0.1, 0.15) is 29.8 Å². The Labute approximate surface area is 95.8 Å². The lowest BCUT2D eigenvalue weighted by molar-refractivity contribution is 0.0766. The first-order chi connectivity index (χ1) is 7.93. The Bertz CT molecular complexity index is 355. The summed E-state index contributed by atoms with van der Waals surface area (Å²) < 4.78 is 5.47. The maximum atomic E-state index is 5.47. The zero-order chi connectivity index (χ0) is 10.8. The summed E-state index contributed by atoms with van der Waals surface area (Å²) >= 11 is 0. The smallest absolute Gasteiger partial charge is 0.0673 e. The van der Waals surface area contributed by atoms with Gasteiger partial charge in [-0.15, -0.1) is 0 Å². The number of aromatic amines is 1. The van der Waals surface area contributed by atoms with Crippen molar-refractivity contribution in [2.75, 3.05) is 19.8 Å². The van der Waals surface area contributed by atoms with E-state index in [0.717, 1.165) is 26.2 Å². The Balaban J connectivity index is 1.71. The number of ether oxygens (including phenoxy) is 1. The van der Waals surface area contributed by atoms with Crippen molar-refractivity contribution in [3.8, 4) is 0 Å². The van der Waals surface area contributed by atoms with Crippen molar-refractivity contribution < 1.29 is 4.74 Å². The number of aromatic nitrogens is 2. The van der Waals surface area contributed by atoms with E-state index in [1.54, 1.807) is 0 Å². The predicted molar refractivity (Wildman–Crippen MR) is 61.5 cm³/mol. The lowest BCUT2D eigenvalue weighted by Crippen LogP contribution is -2.42. The highest BCUT2D eigenvalue weighted by molar-refractivity contribution is 5.28. The van der Waals surface area contributed by atoms with Gasteiger partial charge in [-0.1, -0.05) is 0 Å². The van der Waals surface area contributed by atoms with Crippen LogP contribution in [0.2, 0.25) is 0 Å². The molecule has 1 unspecified atom stereocenters. The Kier molecular flexibility index (Phi) is 2.93. The minimum atomic E-state index is 0.447. The maximum absolute atomic E-state index is 5.47. The average molecular weight is 221 g/mol. The first-order valence-electron chi connectivity index (χ1n) is 6.29. The molecule has 0 bridgehead atoms. The fourth-order valence-corrected chi connectivity index (χ4v) is 2.70. The zero-order valence-corrected chi connectivity index (χ0v) is 9.59. The molecule has 88 valence electrons. The van der Waals surface area contributed by atoms with Gasteiger partial charge in [-0.2, -0.15) is 5.10 Å². The molecular weight excluding hydrogens is 202 g/mol. The summed E-state index contributed by atoms with van der Waals surface area (Å²) in [5, 5.41) is 11.2. The van der Waals surface area contributed by atoms with Gasteiger partial charge in [0.05, 0.1) is 18.9 Å². The van der Waals surface area contributed by atoms with E-state index < -0.39 is 0 Å². The summed E-state index contributed by atoms with van der Waals surface area (Å²) in [6, 6.07) is 0.447.